The first-order valence-electron chi connectivity index (χ1n) is 7.01. The van der Waals surface area contributed by atoms with Crippen molar-refractivity contribution in [2.24, 2.45) is 5.73 Å². The highest BCUT2D eigenvalue weighted by molar-refractivity contribution is 7.92. The topological polar surface area (TPSA) is 77.1 Å². The van der Waals surface area contributed by atoms with Crippen LogP contribution in [-0.4, -0.2) is 13.0 Å². The van der Waals surface area contributed by atoms with Crippen LogP contribution in [0.3, 0.4) is 0 Å². The molecule has 2 rings (SSSR count). The van der Waals surface area contributed by atoms with Crippen LogP contribution in [0, 0.1) is 0 Å². The number of hydrogen-bond donors (Lipinski definition) is 2. The molecule has 0 radical (unpaired) electrons. The minimum atomic E-state index is -3.59. The molecule has 0 aliphatic rings. The van der Waals surface area contributed by atoms with Crippen molar-refractivity contribution in [1.82, 2.24) is 4.57 Å². The Balaban J connectivity index is 2.36. The maximum atomic E-state index is 12.5. The Labute approximate surface area is 125 Å². The van der Waals surface area contributed by atoms with Gasteiger partial charge < -0.3 is 10.3 Å². The zero-order valence-corrected chi connectivity index (χ0v) is 13.2. The minimum absolute atomic E-state index is 0.246. The fourth-order valence-corrected chi connectivity index (χ4v) is 3.43. The van der Waals surface area contributed by atoms with Crippen molar-refractivity contribution in [3.05, 3.63) is 47.8 Å². The van der Waals surface area contributed by atoms with Crippen LogP contribution >= 0.6 is 0 Å². The molecule has 0 unspecified atom stereocenters. The number of rotatable bonds is 6. The summed E-state index contributed by atoms with van der Waals surface area (Å²) < 4.78 is 29.5. The maximum absolute atomic E-state index is 12.5. The Kier molecular flexibility index (Phi) is 4.69. The number of nitrogens with one attached hydrogen (secondary N) is 1. The highest BCUT2D eigenvalue weighted by atomic mass is 32.2. The van der Waals surface area contributed by atoms with Gasteiger partial charge in [-0.2, -0.15) is 0 Å². The van der Waals surface area contributed by atoms with Crippen molar-refractivity contribution in [3.8, 4) is 0 Å². The maximum Gasteiger partial charge on any atom is 0.263 e. The molecular weight excluding hydrogens is 286 g/mol. The van der Waals surface area contributed by atoms with Crippen LogP contribution < -0.4 is 10.5 Å². The van der Waals surface area contributed by atoms with Crippen LogP contribution in [0.4, 0.5) is 5.69 Å². The van der Waals surface area contributed by atoms with Gasteiger partial charge in [0.25, 0.3) is 10.0 Å². The summed E-state index contributed by atoms with van der Waals surface area (Å²) in [6.07, 6.45) is 2.39. The summed E-state index contributed by atoms with van der Waals surface area (Å²) in [4.78, 5) is 0.246. The summed E-state index contributed by atoms with van der Waals surface area (Å²) in [5, 5.41) is 0. The Bertz CT molecular complexity index is 699. The van der Waals surface area contributed by atoms with Crippen molar-refractivity contribution in [1.29, 1.82) is 0 Å². The first kappa shape index (κ1) is 15.6. The standard InChI is InChI=1S/C15H21N3O2S/c1-3-12-7-5-6-8-15(12)17-21(19,20)14-9-13(10-16)18(4-2)11-14/h5-9,11,17H,3-4,10,16H2,1-2H3. The van der Waals surface area contributed by atoms with Crippen molar-refractivity contribution in [2.45, 2.75) is 38.3 Å². The van der Waals surface area contributed by atoms with Crippen LogP contribution in [-0.2, 0) is 29.5 Å². The molecular formula is C15H21N3O2S. The number of aromatic nitrogens is 1. The van der Waals surface area contributed by atoms with E-state index in [0.717, 1.165) is 17.7 Å². The van der Waals surface area contributed by atoms with Crippen LogP contribution in [0.25, 0.3) is 0 Å². The van der Waals surface area contributed by atoms with Crippen LogP contribution in [0.1, 0.15) is 25.1 Å². The van der Waals surface area contributed by atoms with Gasteiger partial charge in [-0.15, -0.1) is 0 Å². The van der Waals surface area contributed by atoms with E-state index < -0.39 is 10.0 Å². The molecule has 1 heterocycles. The number of nitrogens with zero attached hydrogens (tertiary/aromatic N) is 1. The van der Waals surface area contributed by atoms with Gasteiger partial charge in [0.05, 0.1) is 5.69 Å². The van der Waals surface area contributed by atoms with Crippen LogP contribution in [0.5, 0.6) is 0 Å². The van der Waals surface area contributed by atoms with Gasteiger partial charge in [-0.05, 0) is 31.0 Å². The van der Waals surface area contributed by atoms with E-state index in [4.69, 9.17) is 5.73 Å². The fraction of sp³-hybridized carbons (Fsp3) is 0.333. The van der Waals surface area contributed by atoms with Gasteiger partial charge in [-0.1, -0.05) is 25.1 Å². The van der Waals surface area contributed by atoms with Gasteiger partial charge in [0.1, 0.15) is 4.90 Å². The molecule has 2 aromatic rings. The SMILES string of the molecule is CCc1ccccc1NS(=O)(=O)c1cc(CN)n(CC)c1. The predicted octanol–water partition coefficient (Wildman–Crippen LogP) is 2.33. The Morgan fingerprint density at radius 3 is 2.52 bits per heavy atom. The molecule has 0 amide bonds. The largest absolute Gasteiger partial charge is 0.349 e. The first-order valence-corrected chi connectivity index (χ1v) is 8.50. The van der Waals surface area contributed by atoms with Crippen LogP contribution in [0.2, 0.25) is 0 Å². The van der Waals surface area contributed by atoms with Gasteiger partial charge >= 0.3 is 0 Å². The third kappa shape index (κ3) is 3.28. The second-order valence-electron chi connectivity index (χ2n) is 4.77. The smallest absolute Gasteiger partial charge is 0.263 e. The Morgan fingerprint density at radius 1 is 1.24 bits per heavy atom. The average molecular weight is 307 g/mol. The average Bonchev–Trinajstić information content (AvgIpc) is 2.91. The number of nitrogens with two attached hydrogens (primary N) is 1. The summed E-state index contributed by atoms with van der Waals surface area (Å²) in [6.45, 7) is 4.95. The van der Waals surface area contributed by atoms with E-state index in [1.807, 2.05) is 36.6 Å². The molecule has 0 spiro atoms. The van der Waals surface area contributed by atoms with E-state index in [-0.39, 0.29) is 4.90 Å². The second-order valence-corrected chi connectivity index (χ2v) is 6.46. The number of aryl methyl sites for hydroxylation is 2. The molecule has 0 aliphatic carbocycles. The number of benzene rings is 1. The highest BCUT2D eigenvalue weighted by Crippen LogP contribution is 2.22. The van der Waals surface area contributed by atoms with Gasteiger partial charge in [-0.25, -0.2) is 8.42 Å². The third-order valence-corrected chi connectivity index (χ3v) is 4.80. The zero-order chi connectivity index (χ0) is 15.5. The van der Waals surface area contributed by atoms with E-state index >= 15 is 0 Å². The highest BCUT2D eigenvalue weighted by Gasteiger charge is 2.18. The molecule has 0 saturated heterocycles. The Hall–Kier alpha value is -1.79. The van der Waals surface area contributed by atoms with Crippen molar-refractivity contribution in [3.63, 3.8) is 0 Å². The van der Waals surface area contributed by atoms with Crippen molar-refractivity contribution >= 4 is 15.7 Å². The summed E-state index contributed by atoms with van der Waals surface area (Å²) in [5.74, 6) is 0. The van der Waals surface area contributed by atoms with E-state index in [9.17, 15) is 8.42 Å². The zero-order valence-electron chi connectivity index (χ0n) is 12.3. The molecule has 114 valence electrons. The molecule has 0 aliphatic heterocycles. The molecule has 0 bridgehead atoms. The summed E-state index contributed by atoms with van der Waals surface area (Å²) in [6, 6.07) is 9.04. The monoisotopic (exact) mass is 307 g/mol. The Morgan fingerprint density at radius 2 is 1.95 bits per heavy atom. The lowest BCUT2D eigenvalue weighted by molar-refractivity contribution is 0.600. The molecule has 0 fully saturated rings. The lowest BCUT2D eigenvalue weighted by Gasteiger charge is -2.10. The molecule has 3 N–H and O–H groups in total. The first-order chi connectivity index (χ1) is 10.0. The molecule has 0 saturated carbocycles. The summed E-state index contributed by atoms with van der Waals surface area (Å²) >= 11 is 0. The van der Waals surface area contributed by atoms with Gasteiger partial charge in [0, 0.05) is 25.0 Å². The van der Waals surface area contributed by atoms with Gasteiger partial charge in [0.2, 0.25) is 0 Å². The molecule has 21 heavy (non-hydrogen) atoms. The van der Waals surface area contributed by atoms with Crippen molar-refractivity contribution < 1.29 is 8.42 Å². The molecule has 1 aromatic carbocycles. The van der Waals surface area contributed by atoms with E-state index in [2.05, 4.69) is 4.72 Å². The van der Waals surface area contributed by atoms with E-state index in [1.54, 1.807) is 18.3 Å². The predicted molar refractivity (Wildman–Crippen MR) is 84.6 cm³/mol. The molecule has 6 heteroatoms. The molecule has 1 aromatic heterocycles. The van der Waals surface area contributed by atoms with E-state index in [1.165, 1.54) is 0 Å². The van der Waals surface area contributed by atoms with E-state index in [0.29, 0.717) is 18.8 Å². The number of sulfonamides is 1. The quantitative estimate of drug-likeness (QED) is 0.860. The number of hydrogen-bond acceptors (Lipinski definition) is 3. The van der Waals surface area contributed by atoms with Gasteiger partial charge in [0.15, 0.2) is 0 Å². The lowest BCUT2D eigenvalue weighted by atomic mass is 10.1. The fourth-order valence-electron chi connectivity index (χ4n) is 2.27. The van der Waals surface area contributed by atoms with Crippen molar-refractivity contribution in [2.75, 3.05) is 4.72 Å². The molecule has 5 nitrogen and oxygen atoms in total. The molecule has 0 atom stereocenters. The second kappa shape index (κ2) is 6.32. The van der Waals surface area contributed by atoms with Crippen LogP contribution in [0.15, 0.2) is 41.4 Å². The normalized spacial score (nSPS) is 11.6. The lowest BCUT2D eigenvalue weighted by Crippen LogP contribution is -2.13. The summed E-state index contributed by atoms with van der Waals surface area (Å²) in [5.41, 5.74) is 8.04. The van der Waals surface area contributed by atoms with Gasteiger partial charge in [-0.3, -0.25) is 4.72 Å². The number of anilines is 1. The minimum Gasteiger partial charge on any atom is -0.349 e. The summed E-state index contributed by atoms with van der Waals surface area (Å²) in [7, 11) is -3.59. The number of para-hydroxylation sites is 1. The third-order valence-electron chi connectivity index (χ3n) is 3.46.